The molecule has 1 atom stereocenters. The Morgan fingerprint density at radius 3 is 2.43 bits per heavy atom. The molecule has 0 radical (unpaired) electrons. The molecule has 2 fully saturated rings. The van der Waals surface area contributed by atoms with Crippen LogP contribution in [0.4, 0.5) is 0 Å². The van der Waals surface area contributed by atoms with Crippen molar-refractivity contribution in [2.75, 3.05) is 13.1 Å². The number of carbonyl (C=O) groups excluding carboxylic acids is 2. The Morgan fingerprint density at radius 2 is 1.74 bits per heavy atom. The lowest BCUT2D eigenvalue weighted by atomic mass is 9.97. The van der Waals surface area contributed by atoms with E-state index in [4.69, 9.17) is 4.74 Å². The van der Waals surface area contributed by atoms with E-state index in [-0.39, 0.29) is 23.7 Å². The van der Waals surface area contributed by atoms with Crippen LogP contribution in [-0.2, 0) is 9.59 Å². The number of nitrogens with zero attached hydrogens (tertiary/aromatic N) is 1. The van der Waals surface area contributed by atoms with Crippen molar-refractivity contribution in [1.29, 1.82) is 0 Å². The van der Waals surface area contributed by atoms with Gasteiger partial charge >= 0.3 is 5.97 Å². The first-order chi connectivity index (χ1) is 11.0. The molecule has 124 valence electrons. The number of ether oxygens (including phenoxy) is 1. The summed E-state index contributed by atoms with van der Waals surface area (Å²) < 4.78 is 5.72. The highest BCUT2D eigenvalue weighted by Gasteiger charge is 2.37. The van der Waals surface area contributed by atoms with Gasteiger partial charge in [-0.05, 0) is 63.1 Å². The number of hydrogen-bond acceptors (Lipinski definition) is 3. The van der Waals surface area contributed by atoms with Gasteiger partial charge in [0.15, 0.2) is 0 Å². The zero-order chi connectivity index (χ0) is 16.6. The maximum Gasteiger partial charge on any atom is 0.316 e. The Morgan fingerprint density at radius 1 is 1.04 bits per heavy atom. The third-order valence-electron chi connectivity index (χ3n) is 5.07. The lowest BCUT2D eigenvalue weighted by Gasteiger charge is -2.32. The molecule has 1 saturated carbocycles. The summed E-state index contributed by atoms with van der Waals surface area (Å²) in [4.78, 5) is 26.7. The molecule has 0 bridgehead atoms. The van der Waals surface area contributed by atoms with Crippen molar-refractivity contribution in [3.63, 3.8) is 0 Å². The number of piperidine rings is 1. The monoisotopic (exact) mass is 315 g/mol. The van der Waals surface area contributed by atoms with Crippen LogP contribution in [-0.4, -0.2) is 29.9 Å². The number of likely N-dealkylation sites (tertiary alicyclic amines) is 1. The van der Waals surface area contributed by atoms with Crippen LogP contribution in [0.3, 0.4) is 0 Å². The van der Waals surface area contributed by atoms with Crippen LogP contribution in [0, 0.1) is 32.6 Å². The summed E-state index contributed by atoms with van der Waals surface area (Å²) in [6, 6.07) is 4.02. The fraction of sp³-hybridized carbons (Fsp3) is 0.579. The molecule has 0 N–H and O–H groups in total. The molecule has 3 rings (SSSR count). The van der Waals surface area contributed by atoms with Crippen LogP contribution in [0.5, 0.6) is 5.75 Å². The smallest absolute Gasteiger partial charge is 0.316 e. The van der Waals surface area contributed by atoms with E-state index in [9.17, 15) is 9.59 Å². The van der Waals surface area contributed by atoms with E-state index in [1.54, 1.807) is 0 Å². The van der Waals surface area contributed by atoms with Crippen LogP contribution < -0.4 is 4.74 Å². The molecule has 4 nitrogen and oxygen atoms in total. The maximum atomic E-state index is 12.6. The molecule has 0 spiro atoms. The first-order valence-corrected chi connectivity index (χ1v) is 8.54. The van der Waals surface area contributed by atoms with Crippen molar-refractivity contribution >= 4 is 11.9 Å². The second-order valence-electron chi connectivity index (χ2n) is 6.97. The summed E-state index contributed by atoms with van der Waals surface area (Å²) in [7, 11) is 0. The average molecular weight is 315 g/mol. The zero-order valence-corrected chi connectivity index (χ0v) is 14.2. The molecule has 2 aliphatic rings. The Hall–Kier alpha value is -1.84. The molecule has 1 unspecified atom stereocenters. The van der Waals surface area contributed by atoms with E-state index in [0.29, 0.717) is 12.3 Å². The summed E-state index contributed by atoms with van der Waals surface area (Å²) in [5.74, 6) is 0.720. The van der Waals surface area contributed by atoms with Gasteiger partial charge in [0.25, 0.3) is 0 Å². The first-order valence-electron chi connectivity index (χ1n) is 8.54. The van der Waals surface area contributed by atoms with E-state index in [2.05, 4.69) is 0 Å². The van der Waals surface area contributed by atoms with Crippen LogP contribution in [0.1, 0.15) is 42.4 Å². The van der Waals surface area contributed by atoms with Crippen molar-refractivity contribution in [2.24, 2.45) is 11.8 Å². The second kappa shape index (κ2) is 6.34. The Bertz CT molecular complexity index is 634. The maximum absolute atomic E-state index is 12.6. The lowest BCUT2D eigenvalue weighted by Crippen LogP contribution is -2.44. The van der Waals surface area contributed by atoms with E-state index in [0.717, 1.165) is 48.9 Å². The fourth-order valence-corrected chi connectivity index (χ4v) is 3.22. The van der Waals surface area contributed by atoms with Gasteiger partial charge < -0.3 is 9.64 Å². The van der Waals surface area contributed by atoms with Gasteiger partial charge in [-0.15, -0.1) is 0 Å². The molecule has 1 heterocycles. The number of hydrogen-bond donors (Lipinski definition) is 0. The van der Waals surface area contributed by atoms with E-state index < -0.39 is 0 Å². The molecular weight excluding hydrogens is 290 g/mol. The van der Waals surface area contributed by atoms with Gasteiger partial charge in [0.2, 0.25) is 5.91 Å². The number of amides is 1. The Balaban J connectivity index is 1.68. The quantitative estimate of drug-likeness (QED) is 0.636. The molecule has 1 amide bonds. The first kappa shape index (κ1) is 16.0. The minimum absolute atomic E-state index is 0.199. The third kappa shape index (κ3) is 3.41. The van der Waals surface area contributed by atoms with Gasteiger partial charge in [0, 0.05) is 19.0 Å². The molecule has 4 heteroatoms. The number of carbonyl (C=O) groups is 2. The number of aryl methyl sites for hydroxylation is 2. The normalized spacial score (nSPS) is 21.2. The molecule has 1 aromatic carbocycles. The molecule has 1 aromatic rings. The van der Waals surface area contributed by atoms with Crippen molar-refractivity contribution in [1.82, 2.24) is 4.90 Å². The van der Waals surface area contributed by atoms with Gasteiger partial charge in [-0.2, -0.15) is 0 Å². The van der Waals surface area contributed by atoms with Gasteiger partial charge in [0.1, 0.15) is 5.75 Å². The van der Waals surface area contributed by atoms with Crippen molar-refractivity contribution in [3.8, 4) is 5.75 Å². The molecular formula is C19H25NO3. The summed E-state index contributed by atoms with van der Waals surface area (Å²) >= 11 is 0. The lowest BCUT2D eigenvalue weighted by molar-refractivity contribution is -0.143. The summed E-state index contributed by atoms with van der Waals surface area (Å²) in [5, 5.41) is 0. The SMILES string of the molecule is Cc1ccc(C)c(OC(=O)C2CCCN(C(=O)C3CC3)C2)c1C. The van der Waals surface area contributed by atoms with Crippen LogP contribution in [0.2, 0.25) is 0 Å². The highest BCUT2D eigenvalue weighted by Crippen LogP contribution is 2.33. The zero-order valence-electron chi connectivity index (χ0n) is 14.2. The van der Waals surface area contributed by atoms with Crippen LogP contribution in [0.15, 0.2) is 12.1 Å². The molecule has 1 aliphatic heterocycles. The van der Waals surface area contributed by atoms with Gasteiger partial charge in [-0.1, -0.05) is 12.1 Å². The van der Waals surface area contributed by atoms with Gasteiger partial charge in [-0.25, -0.2) is 0 Å². The van der Waals surface area contributed by atoms with Crippen LogP contribution >= 0.6 is 0 Å². The molecule has 0 aromatic heterocycles. The minimum Gasteiger partial charge on any atom is -0.426 e. The van der Waals surface area contributed by atoms with Crippen molar-refractivity contribution < 1.29 is 14.3 Å². The second-order valence-corrected chi connectivity index (χ2v) is 6.97. The summed E-state index contributed by atoms with van der Waals surface area (Å²) in [5.41, 5.74) is 3.11. The van der Waals surface area contributed by atoms with E-state index >= 15 is 0 Å². The summed E-state index contributed by atoms with van der Waals surface area (Å²) in [6.07, 6.45) is 3.69. The molecule has 1 aliphatic carbocycles. The predicted octanol–water partition coefficient (Wildman–Crippen LogP) is 3.17. The highest BCUT2D eigenvalue weighted by molar-refractivity contribution is 5.82. The Labute approximate surface area is 137 Å². The van der Waals surface area contributed by atoms with Crippen LogP contribution in [0.25, 0.3) is 0 Å². The highest BCUT2D eigenvalue weighted by atomic mass is 16.5. The number of benzene rings is 1. The largest absolute Gasteiger partial charge is 0.426 e. The van der Waals surface area contributed by atoms with E-state index in [1.807, 2.05) is 37.8 Å². The van der Waals surface area contributed by atoms with Gasteiger partial charge in [0.05, 0.1) is 5.92 Å². The fourth-order valence-electron chi connectivity index (χ4n) is 3.22. The predicted molar refractivity (Wildman–Crippen MR) is 88.3 cm³/mol. The third-order valence-corrected chi connectivity index (χ3v) is 5.07. The topological polar surface area (TPSA) is 46.6 Å². The average Bonchev–Trinajstić information content (AvgIpc) is 3.39. The van der Waals surface area contributed by atoms with Gasteiger partial charge in [-0.3, -0.25) is 9.59 Å². The number of esters is 1. The van der Waals surface area contributed by atoms with Crippen molar-refractivity contribution in [3.05, 3.63) is 28.8 Å². The van der Waals surface area contributed by atoms with Crippen molar-refractivity contribution in [2.45, 2.75) is 46.5 Å². The number of rotatable bonds is 3. The standard InChI is InChI=1S/C19H25NO3/c1-12-6-7-13(2)17(14(12)3)23-19(22)16-5-4-10-20(11-16)18(21)15-8-9-15/h6-7,15-16H,4-5,8-11H2,1-3H3. The summed E-state index contributed by atoms with van der Waals surface area (Å²) in [6.45, 7) is 7.25. The molecule has 23 heavy (non-hydrogen) atoms. The van der Waals surface area contributed by atoms with E-state index in [1.165, 1.54) is 0 Å². The molecule has 1 saturated heterocycles. The Kier molecular flexibility index (Phi) is 4.42. The minimum atomic E-state index is -0.203.